The Kier molecular flexibility index (Phi) is 6.42. The number of anilines is 2. The molecule has 1 fully saturated rings. The highest BCUT2D eigenvalue weighted by atomic mass is 32.2. The Morgan fingerprint density at radius 2 is 1.97 bits per heavy atom. The molecule has 4 heterocycles. The number of nitrogens with zero attached hydrogens (tertiary/aromatic N) is 6. The van der Waals surface area contributed by atoms with E-state index in [9.17, 15) is 22.7 Å². The molecule has 38 heavy (non-hydrogen) atoms. The first-order chi connectivity index (χ1) is 18.1. The number of nitrogens with one attached hydrogen (secondary N) is 1. The van der Waals surface area contributed by atoms with Crippen LogP contribution in [-0.4, -0.2) is 67.9 Å². The van der Waals surface area contributed by atoms with Gasteiger partial charge in [-0.05, 0) is 31.9 Å². The number of piperidine rings is 1. The number of hydrogen-bond acceptors (Lipinski definition) is 7. The summed E-state index contributed by atoms with van der Waals surface area (Å²) in [4.78, 5) is 17.0. The number of carbonyl (C=O) groups is 1. The Labute approximate surface area is 217 Å². The Balaban J connectivity index is 1.50. The molecule has 12 nitrogen and oxygen atoms in total. The lowest BCUT2D eigenvalue weighted by molar-refractivity contribution is 0.124. The second-order valence-electron chi connectivity index (χ2n) is 9.16. The van der Waals surface area contributed by atoms with Crippen LogP contribution < -0.4 is 10.5 Å². The number of fused-ring (bicyclic) bond motifs is 1. The number of likely N-dealkylation sites (tertiary alicyclic amines) is 1. The van der Waals surface area contributed by atoms with Gasteiger partial charge in [0.15, 0.2) is 0 Å². The third kappa shape index (κ3) is 4.62. The number of nitrogens with two attached hydrogens (primary N) is 1. The van der Waals surface area contributed by atoms with E-state index in [-0.39, 0.29) is 23.3 Å². The van der Waals surface area contributed by atoms with Crippen molar-refractivity contribution in [1.82, 2.24) is 29.4 Å². The van der Waals surface area contributed by atoms with E-state index in [0.717, 1.165) is 11.1 Å². The van der Waals surface area contributed by atoms with Crippen LogP contribution in [0.1, 0.15) is 25.8 Å². The zero-order chi connectivity index (χ0) is 27.2. The first-order valence-electron chi connectivity index (χ1n) is 12.0. The van der Waals surface area contributed by atoms with Crippen LogP contribution in [-0.2, 0) is 17.1 Å². The lowest BCUT2D eigenvalue weighted by Gasteiger charge is -2.30. The summed E-state index contributed by atoms with van der Waals surface area (Å²) >= 11 is 0. The number of amides is 1. The van der Waals surface area contributed by atoms with Gasteiger partial charge in [0.05, 0.1) is 34.6 Å². The zero-order valence-electron chi connectivity index (χ0n) is 20.8. The Hall–Kier alpha value is -4.20. The third-order valence-corrected chi connectivity index (χ3v) is 8.09. The molecule has 0 aliphatic carbocycles. The number of nitrogen functional groups attached to an aromatic ring is 1. The Morgan fingerprint density at radius 3 is 2.63 bits per heavy atom. The van der Waals surface area contributed by atoms with Crippen molar-refractivity contribution >= 4 is 38.5 Å². The van der Waals surface area contributed by atoms with Crippen LogP contribution in [0.15, 0.2) is 36.8 Å². The maximum atomic E-state index is 14.8. The summed E-state index contributed by atoms with van der Waals surface area (Å²) in [7, 11) is -1.88. The zero-order valence-corrected chi connectivity index (χ0v) is 21.6. The van der Waals surface area contributed by atoms with Crippen LogP contribution in [0.4, 0.5) is 20.7 Å². The summed E-state index contributed by atoms with van der Waals surface area (Å²) in [6.07, 6.45) is 5.67. The molecule has 0 saturated carbocycles. The molecule has 1 aliphatic rings. The number of aromatic nitrogens is 5. The summed E-state index contributed by atoms with van der Waals surface area (Å²) in [6.45, 7) is 2.36. The molecule has 200 valence electrons. The molecule has 0 bridgehead atoms. The molecule has 0 unspecified atom stereocenters. The number of sulfonamides is 1. The van der Waals surface area contributed by atoms with Crippen molar-refractivity contribution in [3.05, 3.63) is 42.6 Å². The average molecular weight is 543 g/mol. The molecule has 0 radical (unpaired) electrons. The molecular formula is C24H27FN8O4S. The van der Waals surface area contributed by atoms with Gasteiger partial charge in [0, 0.05) is 49.2 Å². The number of halogens is 1. The Morgan fingerprint density at radius 1 is 1.24 bits per heavy atom. The quantitative estimate of drug-likeness (QED) is 0.334. The van der Waals surface area contributed by atoms with Crippen LogP contribution in [0, 0.1) is 5.82 Å². The molecular weight excluding hydrogens is 515 g/mol. The molecule has 1 amide bonds. The van der Waals surface area contributed by atoms with E-state index in [4.69, 9.17) is 5.73 Å². The van der Waals surface area contributed by atoms with Crippen molar-refractivity contribution in [2.24, 2.45) is 7.05 Å². The fourth-order valence-electron chi connectivity index (χ4n) is 4.73. The van der Waals surface area contributed by atoms with Gasteiger partial charge in [0.2, 0.25) is 10.0 Å². The van der Waals surface area contributed by atoms with Crippen molar-refractivity contribution in [1.29, 1.82) is 0 Å². The highest BCUT2D eigenvalue weighted by Crippen LogP contribution is 2.38. The molecule has 1 aliphatic heterocycles. The molecule has 4 aromatic rings. The number of benzene rings is 1. The number of rotatable bonds is 6. The second kappa shape index (κ2) is 9.59. The van der Waals surface area contributed by atoms with Gasteiger partial charge in [-0.25, -0.2) is 22.6 Å². The van der Waals surface area contributed by atoms with E-state index >= 15 is 0 Å². The minimum atomic E-state index is -3.64. The van der Waals surface area contributed by atoms with E-state index in [2.05, 4.69) is 19.9 Å². The maximum Gasteiger partial charge on any atom is 0.407 e. The van der Waals surface area contributed by atoms with Crippen LogP contribution >= 0.6 is 0 Å². The first kappa shape index (κ1) is 25.4. The smallest absolute Gasteiger partial charge is 0.407 e. The van der Waals surface area contributed by atoms with E-state index in [1.54, 1.807) is 30.2 Å². The molecule has 3 aromatic heterocycles. The number of carboxylic acid groups (broad SMARTS) is 1. The standard InChI is InChI=1S/C24H27FN8O4S/c1-3-38(36,37)30-19-5-4-14(10-18(19)25)21-20-22(31(2)29-21)17(12-27-23(20)26)15-11-28-33(13-15)16-6-8-32(9-7-16)24(34)35/h4-5,10-13,16,30H,3,6-9H2,1-2H3,(H2,26,27)(H,34,35). The van der Waals surface area contributed by atoms with E-state index in [1.165, 1.54) is 24.0 Å². The topological polar surface area (TPSA) is 161 Å². The normalized spacial score (nSPS) is 14.8. The van der Waals surface area contributed by atoms with Crippen molar-refractivity contribution in [2.45, 2.75) is 25.8 Å². The molecule has 0 spiro atoms. The fourth-order valence-corrected chi connectivity index (χ4v) is 5.38. The molecule has 5 rings (SSSR count). The summed E-state index contributed by atoms with van der Waals surface area (Å²) in [5.41, 5.74) is 9.14. The molecule has 1 aromatic carbocycles. The summed E-state index contributed by atoms with van der Waals surface area (Å²) < 4.78 is 44.3. The van der Waals surface area contributed by atoms with Crippen LogP contribution in [0.3, 0.4) is 0 Å². The second-order valence-corrected chi connectivity index (χ2v) is 11.2. The molecule has 4 N–H and O–H groups in total. The van der Waals surface area contributed by atoms with Gasteiger partial charge in [-0.3, -0.25) is 14.1 Å². The van der Waals surface area contributed by atoms with Crippen LogP contribution in [0.5, 0.6) is 0 Å². The Bertz CT molecular complexity index is 1640. The van der Waals surface area contributed by atoms with Crippen LogP contribution in [0.25, 0.3) is 33.3 Å². The van der Waals surface area contributed by atoms with Crippen molar-refractivity contribution in [3.8, 4) is 22.4 Å². The van der Waals surface area contributed by atoms with Gasteiger partial charge in [-0.2, -0.15) is 10.2 Å². The predicted octanol–water partition coefficient (Wildman–Crippen LogP) is 3.30. The third-order valence-electron chi connectivity index (χ3n) is 6.80. The van der Waals surface area contributed by atoms with Gasteiger partial charge >= 0.3 is 6.09 Å². The van der Waals surface area contributed by atoms with Gasteiger partial charge in [0.1, 0.15) is 17.3 Å². The summed E-state index contributed by atoms with van der Waals surface area (Å²) in [5, 5.41) is 18.8. The number of hydrogen-bond donors (Lipinski definition) is 3. The lowest BCUT2D eigenvalue weighted by atomic mass is 10.0. The van der Waals surface area contributed by atoms with E-state index in [0.29, 0.717) is 48.1 Å². The van der Waals surface area contributed by atoms with Crippen LogP contribution in [0.2, 0.25) is 0 Å². The van der Waals surface area contributed by atoms with Gasteiger partial charge in [0.25, 0.3) is 0 Å². The minimum Gasteiger partial charge on any atom is -0.465 e. The van der Waals surface area contributed by atoms with E-state index in [1.807, 2.05) is 10.9 Å². The fraction of sp³-hybridized carbons (Fsp3) is 0.333. The van der Waals surface area contributed by atoms with Gasteiger partial charge in [-0.15, -0.1) is 0 Å². The number of aryl methyl sites for hydroxylation is 1. The number of pyridine rings is 1. The maximum absolute atomic E-state index is 14.8. The molecule has 1 saturated heterocycles. The van der Waals surface area contributed by atoms with Gasteiger partial charge in [-0.1, -0.05) is 6.07 Å². The predicted molar refractivity (Wildman–Crippen MR) is 140 cm³/mol. The van der Waals surface area contributed by atoms with E-state index < -0.39 is 21.9 Å². The average Bonchev–Trinajstić information content (AvgIpc) is 3.52. The summed E-state index contributed by atoms with van der Waals surface area (Å²) in [6, 6.07) is 4.21. The minimum absolute atomic E-state index is 0.0744. The molecule has 0 atom stereocenters. The largest absolute Gasteiger partial charge is 0.465 e. The monoisotopic (exact) mass is 542 g/mol. The SMILES string of the molecule is CCS(=O)(=O)Nc1ccc(-c2nn(C)c3c(-c4cnn(C5CCN(C(=O)O)CC5)c4)cnc(N)c23)cc1F. The first-order valence-corrected chi connectivity index (χ1v) is 13.7. The summed E-state index contributed by atoms with van der Waals surface area (Å²) in [5.74, 6) is -0.699. The highest BCUT2D eigenvalue weighted by molar-refractivity contribution is 7.92. The van der Waals surface area contributed by atoms with Crippen molar-refractivity contribution in [2.75, 3.05) is 29.3 Å². The van der Waals surface area contributed by atoms with Crippen molar-refractivity contribution < 1.29 is 22.7 Å². The lowest BCUT2D eigenvalue weighted by Crippen LogP contribution is -2.38. The van der Waals surface area contributed by atoms with Crippen molar-refractivity contribution in [3.63, 3.8) is 0 Å². The van der Waals surface area contributed by atoms with Gasteiger partial charge < -0.3 is 15.7 Å². The highest BCUT2D eigenvalue weighted by Gasteiger charge is 2.25. The molecule has 14 heteroatoms.